The molecule has 5 aromatic carbocycles. The van der Waals surface area contributed by atoms with Crippen molar-refractivity contribution in [1.82, 2.24) is 34.6 Å². The quantitative estimate of drug-likeness (QED) is 0.104. The summed E-state index contributed by atoms with van der Waals surface area (Å²) in [5, 5.41) is 30.1. The number of fused-ring (bicyclic) bond motifs is 5. The number of carbonyl (C=O) groups excluding carboxylic acids is 3. The van der Waals surface area contributed by atoms with Gasteiger partial charge in [-0.2, -0.15) is 0 Å². The van der Waals surface area contributed by atoms with Gasteiger partial charge in [0.25, 0.3) is 17.7 Å². The second-order valence-electron chi connectivity index (χ2n) is 20.6. The molecule has 2 aromatic heterocycles. The molecule has 5 aliphatic rings. The summed E-state index contributed by atoms with van der Waals surface area (Å²) in [6.45, 7) is 10.1. The first kappa shape index (κ1) is 54.0. The number of halogens is 2. The lowest BCUT2D eigenvalue weighted by molar-refractivity contribution is -0.167. The number of aliphatic hydroxyl groups is 2. The Kier molecular flexibility index (Phi) is 15.6. The van der Waals surface area contributed by atoms with Crippen molar-refractivity contribution in [2.75, 3.05) is 19.6 Å². The zero-order chi connectivity index (χ0) is 54.3. The number of aliphatic carboxylic acids is 1. The SMILES string of the molecule is CC1(C)O[C@@H](C(=O)N2CCc3ccccc3C2)[C@H](c2nc3ccc(Br)cc3[nH]2)O1.CC1(C)O[C@@H](C(=O)O)[C@H](C(=O)N2CCc3ccccc3C2)O1.O=C([C@H](O)[C@@H](O)c1nc2ccc(Br)cc2[nH]1)N1CCc2ccccc2C1. The maximum absolute atomic E-state index is 13.4. The number of imidazole rings is 2. The fourth-order valence-corrected chi connectivity index (χ4v) is 11.1. The van der Waals surface area contributed by atoms with Crippen molar-refractivity contribution in [3.8, 4) is 0 Å². The van der Waals surface area contributed by atoms with Gasteiger partial charge < -0.3 is 58.9 Å². The summed E-state index contributed by atoms with van der Waals surface area (Å²) in [4.78, 5) is 70.4. The van der Waals surface area contributed by atoms with Gasteiger partial charge in [0.05, 0.1) is 22.1 Å². The fourth-order valence-electron chi connectivity index (χ4n) is 10.4. The van der Waals surface area contributed by atoms with Crippen LogP contribution >= 0.6 is 31.9 Å². The van der Waals surface area contributed by atoms with Gasteiger partial charge in [-0.3, -0.25) is 14.4 Å². The third-order valence-corrected chi connectivity index (χ3v) is 15.3. The molecule has 77 heavy (non-hydrogen) atoms. The second kappa shape index (κ2) is 22.2. The van der Waals surface area contributed by atoms with Crippen molar-refractivity contribution >= 4 is 77.6 Å². The molecule has 20 heteroatoms. The van der Waals surface area contributed by atoms with Gasteiger partial charge in [-0.15, -0.1) is 0 Å². The number of aliphatic hydroxyl groups excluding tert-OH is 2. The molecule has 18 nitrogen and oxygen atoms in total. The number of aromatic amines is 2. The molecule has 0 bridgehead atoms. The number of ether oxygens (including phenoxy) is 4. The monoisotopic (exact) mass is 1180 g/mol. The summed E-state index contributed by atoms with van der Waals surface area (Å²) < 4.78 is 24.9. The smallest absolute Gasteiger partial charge is 0.336 e. The zero-order valence-electron chi connectivity index (χ0n) is 42.8. The highest BCUT2D eigenvalue weighted by Crippen LogP contribution is 2.40. The third kappa shape index (κ3) is 11.9. The summed E-state index contributed by atoms with van der Waals surface area (Å²) in [7, 11) is 0. The summed E-state index contributed by atoms with van der Waals surface area (Å²) in [5.41, 5.74) is 10.2. The van der Waals surface area contributed by atoms with Crippen LogP contribution in [0.3, 0.4) is 0 Å². The van der Waals surface area contributed by atoms with Crippen LogP contribution in [0.2, 0.25) is 0 Å². The number of hydrogen-bond donors (Lipinski definition) is 5. The molecular formula is C57H59Br2N7O11. The maximum Gasteiger partial charge on any atom is 0.336 e. The van der Waals surface area contributed by atoms with Crippen LogP contribution in [0.4, 0.5) is 0 Å². The van der Waals surface area contributed by atoms with Gasteiger partial charge in [0.1, 0.15) is 17.8 Å². The first-order valence-electron chi connectivity index (χ1n) is 25.5. The fraction of sp³-hybridized carbons (Fsp3) is 0.368. The van der Waals surface area contributed by atoms with E-state index in [1.54, 1.807) is 29.7 Å². The lowest BCUT2D eigenvalue weighted by atomic mass is 9.99. The molecule has 5 aliphatic heterocycles. The van der Waals surface area contributed by atoms with Crippen LogP contribution in [-0.2, 0) is 77.0 Å². The van der Waals surface area contributed by atoms with Crippen molar-refractivity contribution in [2.24, 2.45) is 0 Å². The third-order valence-electron chi connectivity index (χ3n) is 14.3. The summed E-state index contributed by atoms with van der Waals surface area (Å²) in [5.74, 6) is -3.20. The first-order chi connectivity index (χ1) is 36.8. The summed E-state index contributed by atoms with van der Waals surface area (Å²) >= 11 is 6.86. The predicted octanol–water partition coefficient (Wildman–Crippen LogP) is 7.58. The van der Waals surface area contributed by atoms with E-state index in [4.69, 9.17) is 18.9 Å². The van der Waals surface area contributed by atoms with E-state index >= 15 is 0 Å². The molecule has 12 rings (SSSR count). The van der Waals surface area contributed by atoms with Crippen LogP contribution in [0.1, 0.15) is 84.9 Å². The van der Waals surface area contributed by atoms with Crippen molar-refractivity contribution in [1.29, 1.82) is 0 Å². The Bertz CT molecular complexity index is 3360. The molecule has 7 heterocycles. The van der Waals surface area contributed by atoms with E-state index < -0.39 is 60.1 Å². The molecule has 7 aromatic rings. The average Bonchev–Trinajstić information content (AvgIpc) is 4.23. The van der Waals surface area contributed by atoms with Crippen molar-refractivity contribution in [2.45, 2.75) is 115 Å². The van der Waals surface area contributed by atoms with Gasteiger partial charge >= 0.3 is 5.97 Å². The van der Waals surface area contributed by atoms with Crippen LogP contribution in [0, 0.1) is 0 Å². The van der Waals surface area contributed by atoms with Crippen LogP contribution < -0.4 is 0 Å². The minimum absolute atomic E-state index is 0.0586. The highest BCUT2D eigenvalue weighted by Gasteiger charge is 2.51. The van der Waals surface area contributed by atoms with Gasteiger partial charge in [0, 0.05) is 48.2 Å². The molecule has 0 saturated carbocycles. The molecule has 0 aliphatic carbocycles. The lowest BCUT2D eigenvalue weighted by Crippen LogP contribution is -2.47. The van der Waals surface area contributed by atoms with Crippen LogP contribution in [0.15, 0.2) is 118 Å². The van der Waals surface area contributed by atoms with Crippen molar-refractivity contribution < 1.29 is 53.4 Å². The lowest BCUT2D eigenvalue weighted by Gasteiger charge is -2.31. The van der Waals surface area contributed by atoms with Crippen molar-refractivity contribution in [3.63, 3.8) is 0 Å². The Morgan fingerprint density at radius 2 is 1.00 bits per heavy atom. The van der Waals surface area contributed by atoms with Gasteiger partial charge in [0.15, 0.2) is 42.1 Å². The number of H-pyrrole nitrogens is 2. The number of carbonyl (C=O) groups is 4. The van der Waals surface area contributed by atoms with E-state index in [2.05, 4.69) is 76.1 Å². The molecular weight excluding hydrogens is 1120 g/mol. The Morgan fingerprint density at radius 1 is 0.571 bits per heavy atom. The molecule has 0 unspecified atom stereocenters. The number of nitrogens with zero attached hydrogens (tertiary/aromatic N) is 5. The van der Waals surface area contributed by atoms with E-state index in [1.165, 1.54) is 22.3 Å². The molecule has 402 valence electrons. The van der Waals surface area contributed by atoms with Gasteiger partial charge in [-0.25, -0.2) is 14.8 Å². The molecule has 5 N–H and O–H groups in total. The molecule has 2 saturated heterocycles. The van der Waals surface area contributed by atoms with Crippen LogP contribution in [-0.4, -0.2) is 129 Å². The van der Waals surface area contributed by atoms with E-state index in [0.717, 1.165) is 55.9 Å². The Hall–Kier alpha value is -6.36. The predicted molar refractivity (Wildman–Crippen MR) is 289 cm³/mol. The van der Waals surface area contributed by atoms with E-state index in [1.807, 2.05) is 97.6 Å². The number of aromatic nitrogens is 4. The number of carboxylic acid groups (broad SMARTS) is 1. The van der Waals surface area contributed by atoms with E-state index in [9.17, 15) is 34.5 Å². The molecule has 0 radical (unpaired) electrons. The van der Waals surface area contributed by atoms with Gasteiger partial charge in [0.2, 0.25) is 0 Å². The molecule has 6 atom stereocenters. The number of amides is 3. The maximum atomic E-state index is 13.4. The van der Waals surface area contributed by atoms with Gasteiger partial charge in [-0.05, 0) is 117 Å². The minimum atomic E-state index is -1.57. The highest BCUT2D eigenvalue weighted by molar-refractivity contribution is 9.10. The standard InChI is InChI=1S/C22H22BrN3O3.C19H18BrN3O3.C16H19NO5/c1-22(2)28-18(20-24-16-8-7-15(23)11-17(16)25-20)19(29-22)21(27)26-10-9-13-5-3-4-6-14(13)12-26;20-13-5-6-14-15(9-13)22-18(21-14)16(24)17(25)19(26)23-8-7-11-3-1-2-4-12(11)10-23;1-16(2)21-12(13(22-16)15(19)20)14(18)17-8-7-10-5-3-4-6-11(10)9-17/h3-8,11,18-19H,9-10,12H2,1-2H3,(H,24,25);1-6,9,16-17,24-25H,7-8,10H2,(H,21,22);3-6,12-13H,7-9H2,1-2H3,(H,19,20)/t18-,19-;16-,17-;12-,13-/m111/s1. The number of benzene rings is 5. The van der Waals surface area contributed by atoms with E-state index in [0.29, 0.717) is 50.6 Å². The van der Waals surface area contributed by atoms with E-state index in [-0.39, 0.29) is 17.6 Å². The molecule has 0 spiro atoms. The number of hydrogen-bond acceptors (Lipinski definition) is 12. The highest BCUT2D eigenvalue weighted by atomic mass is 79.9. The Morgan fingerprint density at radius 3 is 1.53 bits per heavy atom. The van der Waals surface area contributed by atoms with Crippen LogP contribution in [0.5, 0.6) is 0 Å². The second-order valence-corrected chi connectivity index (χ2v) is 22.4. The van der Waals surface area contributed by atoms with Gasteiger partial charge in [-0.1, -0.05) is 105 Å². The van der Waals surface area contributed by atoms with Crippen LogP contribution in [0.25, 0.3) is 22.1 Å². The number of rotatable bonds is 7. The first-order valence-corrected chi connectivity index (χ1v) is 27.1. The number of nitrogens with one attached hydrogen (secondary N) is 2. The van der Waals surface area contributed by atoms with Crippen molar-refractivity contribution in [3.05, 3.63) is 163 Å². The largest absolute Gasteiger partial charge is 0.479 e. The summed E-state index contributed by atoms with van der Waals surface area (Å²) in [6.07, 6.45) is -4.31. The summed E-state index contributed by atoms with van der Waals surface area (Å²) in [6, 6.07) is 35.5. The topological polar surface area (TPSA) is 233 Å². The normalized spacial score (nSPS) is 21.9. The molecule has 2 fully saturated rings. The Labute approximate surface area is 460 Å². The molecule has 3 amide bonds. The minimum Gasteiger partial charge on any atom is -0.479 e. The Balaban J connectivity index is 0.000000132. The number of carboxylic acids is 1. The average molecular weight is 1180 g/mol. The zero-order valence-corrected chi connectivity index (χ0v) is 46.0.